The van der Waals surface area contributed by atoms with Gasteiger partial charge < -0.3 is 20.3 Å². The molecule has 3 rings (SSSR count). The zero-order chi connectivity index (χ0) is 20.5. The van der Waals surface area contributed by atoms with Crippen molar-refractivity contribution >= 4 is 23.3 Å². The van der Waals surface area contributed by atoms with E-state index in [1.807, 2.05) is 30.3 Å². The molecule has 0 bridgehead atoms. The van der Waals surface area contributed by atoms with Gasteiger partial charge >= 0.3 is 6.03 Å². The highest BCUT2D eigenvalue weighted by atomic mass is 35.5. The molecule has 0 atom stereocenters. The van der Waals surface area contributed by atoms with Crippen molar-refractivity contribution in [3.63, 3.8) is 0 Å². The van der Waals surface area contributed by atoms with Crippen LogP contribution in [0.2, 0.25) is 5.02 Å². The number of anilines is 1. The number of nitrogens with one attached hydrogen (secondary N) is 2. The van der Waals surface area contributed by atoms with Crippen LogP contribution >= 0.6 is 11.6 Å². The zero-order valence-corrected chi connectivity index (χ0v) is 17.8. The van der Waals surface area contributed by atoms with E-state index in [1.165, 1.54) is 18.4 Å². The number of carbonyl (C=O) groups is 1. The number of halogens is 1. The summed E-state index contributed by atoms with van der Waals surface area (Å²) in [5.41, 5.74) is 2.10. The van der Waals surface area contributed by atoms with E-state index in [4.69, 9.17) is 16.3 Å². The predicted octanol–water partition coefficient (Wildman–Crippen LogP) is 4.81. The van der Waals surface area contributed by atoms with Crippen LogP contribution in [0.25, 0.3) is 0 Å². The van der Waals surface area contributed by atoms with E-state index in [0.717, 1.165) is 54.9 Å². The molecule has 1 aliphatic heterocycles. The number of rotatable bonds is 8. The van der Waals surface area contributed by atoms with Crippen molar-refractivity contribution in [2.24, 2.45) is 5.92 Å². The van der Waals surface area contributed by atoms with Crippen LogP contribution < -0.4 is 15.4 Å². The number of carbonyl (C=O) groups excluding carboxylic acids is 1. The van der Waals surface area contributed by atoms with Gasteiger partial charge in [0.15, 0.2) is 0 Å². The van der Waals surface area contributed by atoms with Crippen LogP contribution in [-0.4, -0.2) is 44.2 Å². The number of amides is 2. The fourth-order valence-corrected chi connectivity index (χ4v) is 3.87. The van der Waals surface area contributed by atoms with Crippen LogP contribution in [0.4, 0.5) is 10.5 Å². The number of nitrogens with zero attached hydrogens (tertiary/aromatic N) is 1. The van der Waals surface area contributed by atoms with E-state index < -0.39 is 0 Å². The minimum absolute atomic E-state index is 0.181. The normalized spacial score (nSPS) is 15.1. The summed E-state index contributed by atoms with van der Waals surface area (Å²) in [4.78, 5) is 14.5. The Labute approximate surface area is 178 Å². The average Bonchev–Trinajstić information content (AvgIpc) is 2.74. The van der Waals surface area contributed by atoms with Crippen molar-refractivity contribution in [1.82, 2.24) is 10.2 Å². The first-order chi connectivity index (χ1) is 14.1. The van der Waals surface area contributed by atoms with Crippen LogP contribution in [-0.2, 0) is 6.42 Å². The van der Waals surface area contributed by atoms with Crippen LogP contribution in [0, 0.1) is 5.92 Å². The Kier molecular flexibility index (Phi) is 8.20. The van der Waals surface area contributed by atoms with Crippen molar-refractivity contribution in [2.75, 3.05) is 38.6 Å². The average molecular weight is 416 g/mol. The van der Waals surface area contributed by atoms with Gasteiger partial charge in [0.1, 0.15) is 5.75 Å². The molecule has 0 spiro atoms. The second kappa shape index (κ2) is 11.1. The fraction of sp³-hybridized carbons (Fsp3) is 0.435. The van der Waals surface area contributed by atoms with Crippen LogP contribution in [0.1, 0.15) is 24.8 Å². The highest BCUT2D eigenvalue weighted by Gasteiger charge is 2.19. The Bertz CT molecular complexity index is 774. The number of piperidine rings is 1. The van der Waals surface area contributed by atoms with Crippen molar-refractivity contribution in [3.05, 3.63) is 59.1 Å². The lowest BCUT2D eigenvalue weighted by atomic mass is 9.90. The number of hydrogen-bond acceptors (Lipinski definition) is 3. The first-order valence-electron chi connectivity index (χ1n) is 10.3. The summed E-state index contributed by atoms with van der Waals surface area (Å²) in [6.07, 6.45) is 4.54. The zero-order valence-electron chi connectivity index (χ0n) is 17.0. The molecule has 0 unspecified atom stereocenters. The molecule has 156 valence electrons. The molecular formula is C23H30ClN3O2. The third-order valence-electron chi connectivity index (χ3n) is 5.41. The third kappa shape index (κ3) is 7.26. The molecule has 1 aliphatic rings. The maximum atomic E-state index is 12.0. The lowest BCUT2D eigenvalue weighted by Gasteiger charge is -2.32. The lowest BCUT2D eigenvalue weighted by molar-refractivity contribution is 0.182. The number of urea groups is 1. The summed E-state index contributed by atoms with van der Waals surface area (Å²) in [6.45, 7) is 3.95. The Hall–Kier alpha value is -2.24. The second-order valence-corrected chi connectivity index (χ2v) is 8.02. The van der Waals surface area contributed by atoms with E-state index in [1.54, 1.807) is 13.2 Å². The molecule has 0 aliphatic carbocycles. The molecule has 6 heteroatoms. The van der Waals surface area contributed by atoms with Crippen LogP contribution in [0.15, 0.2) is 48.5 Å². The van der Waals surface area contributed by atoms with E-state index >= 15 is 0 Å². The highest BCUT2D eigenvalue weighted by molar-refractivity contribution is 6.30. The Morgan fingerprint density at radius 3 is 2.66 bits per heavy atom. The molecule has 2 aromatic rings. The molecule has 2 aromatic carbocycles. The smallest absolute Gasteiger partial charge is 0.319 e. The molecule has 2 N–H and O–H groups in total. The summed E-state index contributed by atoms with van der Waals surface area (Å²) in [5.74, 6) is 1.47. The van der Waals surface area contributed by atoms with E-state index in [-0.39, 0.29) is 6.03 Å². The van der Waals surface area contributed by atoms with Crippen molar-refractivity contribution in [3.8, 4) is 5.75 Å². The quantitative estimate of drug-likeness (QED) is 0.608. The second-order valence-electron chi connectivity index (χ2n) is 7.58. The van der Waals surface area contributed by atoms with E-state index in [2.05, 4.69) is 27.7 Å². The molecular weight excluding hydrogens is 386 g/mol. The van der Waals surface area contributed by atoms with Gasteiger partial charge in [-0.3, -0.25) is 0 Å². The molecule has 0 aromatic heterocycles. The standard InChI is InChI=1S/C23H30ClN3O2/c1-29-22-5-2-4-21(17-22)26-23(28)25-12-3-13-27-14-10-19(11-15-27)16-18-6-8-20(24)9-7-18/h2,4-9,17,19H,3,10-16H2,1H3,(H2,25,26,28). The molecule has 1 fully saturated rings. The maximum absolute atomic E-state index is 12.0. The lowest BCUT2D eigenvalue weighted by Crippen LogP contribution is -2.37. The topological polar surface area (TPSA) is 53.6 Å². The van der Waals surface area contributed by atoms with E-state index in [9.17, 15) is 4.79 Å². The van der Waals surface area contributed by atoms with Gasteiger partial charge in [-0.1, -0.05) is 29.8 Å². The fourth-order valence-electron chi connectivity index (χ4n) is 3.75. The van der Waals surface area contributed by atoms with Gasteiger partial charge in [-0.2, -0.15) is 0 Å². The maximum Gasteiger partial charge on any atom is 0.319 e. The number of benzene rings is 2. The number of likely N-dealkylation sites (tertiary alicyclic amines) is 1. The van der Waals surface area contributed by atoms with Gasteiger partial charge in [-0.15, -0.1) is 0 Å². The minimum Gasteiger partial charge on any atom is -0.497 e. The largest absolute Gasteiger partial charge is 0.497 e. The third-order valence-corrected chi connectivity index (χ3v) is 5.66. The molecule has 29 heavy (non-hydrogen) atoms. The van der Waals surface area contributed by atoms with Gasteiger partial charge in [0.05, 0.1) is 7.11 Å². The van der Waals surface area contributed by atoms with E-state index in [0.29, 0.717) is 6.54 Å². The van der Waals surface area contributed by atoms with Gasteiger partial charge in [0.2, 0.25) is 0 Å². The number of hydrogen-bond donors (Lipinski definition) is 2. The van der Waals surface area contributed by atoms with Gasteiger partial charge in [0, 0.05) is 23.3 Å². The van der Waals surface area contributed by atoms with Crippen molar-refractivity contribution in [2.45, 2.75) is 25.7 Å². The van der Waals surface area contributed by atoms with Crippen molar-refractivity contribution < 1.29 is 9.53 Å². The van der Waals surface area contributed by atoms with Gasteiger partial charge in [-0.25, -0.2) is 4.79 Å². The first-order valence-corrected chi connectivity index (χ1v) is 10.7. The molecule has 1 saturated heterocycles. The van der Waals surface area contributed by atoms with Gasteiger partial charge in [-0.05, 0) is 81.1 Å². The van der Waals surface area contributed by atoms with Gasteiger partial charge in [0.25, 0.3) is 0 Å². The van der Waals surface area contributed by atoms with Crippen LogP contribution in [0.5, 0.6) is 5.75 Å². The molecule has 0 radical (unpaired) electrons. The van der Waals surface area contributed by atoms with Crippen LogP contribution in [0.3, 0.4) is 0 Å². The summed E-state index contributed by atoms with van der Waals surface area (Å²) < 4.78 is 5.16. The molecule has 0 saturated carbocycles. The predicted molar refractivity (Wildman–Crippen MR) is 119 cm³/mol. The minimum atomic E-state index is -0.181. The summed E-state index contributed by atoms with van der Waals surface area (Å²) in [5, 5.41) is 6.56. The first kappa shape index (κ1) is 21.5. The summed E-state index contributed by atoms with van der Waals surface area (Å²) >= 11 is 5.96. The number of methoxy groups -OCH3 is 1. The summed E-state index contributed by atoms with van der Waals surface area (Å²) in [7, 11) is 1.61. The Morgan fingerprint density at radius 1 is 1.17 bits per heavy atom. The monoisotopic (exact) mass is 415 g/mol. The molecule has 1 heterocycles. The number of ether oxygens (including phenoxy) is 1. The molecule has 5 nitrogen and oxygen atoms in total. The SMILES string of the molecule is COc1cccc(NC(=O)NCCCN2CCC(Cc3ccc(Cl)cc3)CC2)c1. The highest BCUT2D eigenvalue weighted by Crippen LogP contribution is 2.22. The molecule has 2 amide bonds. The van der Waals surface area contributed by atoms with Crippen molar-refractivity contribution in [1.29, 1.82) is 0 Å². The summed E-state index contributed by atoms with van der Waals surface area (Å²) in [6, 6.07) is 15.4. The Morgan fingerprint density at radius 2 is 1.93 bits per heavy atom. The Balaban J connectivity index is 1.28.